The van der Waals surface area contributed by atoms with Gasteiger partial charge in [0.05, 0.1) is 7.11 Å². The van der Waals surface area contributed by atoms with Crippen LogP contribution in [0.5, 0.6) is 6.01 Å². The van der Waals surface area contributed by atoms with E-state index in [-0.39, 0.29) is 0 Å². The van der Waals surface area contributed by atoms with E-state index in [1.807, 2.05) is 0 Å². The number of piperazine rings is 1. The number of aromatic nitrogens is 3. The number of methoxy groups -OCH3 is 1. The second-order valence-corrected chi connectivity index (χ2v) is 3.43. The monoisotopic (exact) mass is 224 g/mol. The molecular formula is C9H16N6O. The first kappa shape index (κ1) is 10.9. The molecule has 2 heterocycles. The summed E-state index contributed by atoms with van der Waals surface area (Å²) in [6.45, 7) is 3.69. The van der Waals surface area contributed by atoms with Gasteiger partial charge in [0.15, 0.2) is 0 Å². The van der Waals surface area contributed by atoms with Gasteiger partial charge in [-0.25, -0.2) is 0 Å². The van der Waals surface area contributed by atoms with E-state index in [0.29, 0.717) is 17.9 Å². The molecule has 0 unspecified atom stereocenters. The topological polar surface area (TPSA) is 75.2 Å². The lowest BCUT2D eigenvalue weighted by molar-refractivity contribution is 0.378. The van der Waals surface area contributed by atoms with Gasteiger partial charge in [-0.15, -0.1) is 0 Å². The first-order valence-electron chi connectivity index (χ1n) is 5.27. The van der Waals surface area contributed by atoms with E-state index < -0.39 is 0 Å². The highest BCUT2D eigenvalue weighted by Crippen LogP contribution is 2.14. The number of nitrogens with one attached hydrogen (secondary N) is 2. The summed E-state index contributed by atoms with van der Waals surface area (Å²) < 4.78 is 5.04. The maximum atomic E-state index is 5.04. The molecule has 0 amide bonds. The minimum atomic E-state index is 0.341. The first-order chi connectivity index (χ1) is 7.83. The van der Waals surface area contributed by atoms with Crippen molar-refractivity contribution < 1.29 is 4.74 Å². The average molecular weight is 224 g/mol. The molecule has 7 heteroatoms. The molecule has 7 nitrogen and oxygen atoms in total. The normalized spacial score (nSPS) is 16.0. The van der Waals surface area contributed by atoms with Crippen molar-refractivity contribution in [2.45, 2.75) is 0 Å². The molecule has 1 saturated heterocycles. The summed E-state index contributed by atoms with van der Waals surface area (Å²) in [6, 6.07) is 0.341. The minimum absolute atomic E-state index is 0.341. The van der Waals surface area contributed by atoms with Gasteiger partial charge in [-0.3, -0.25) is 0 Å². The molecule has 2 rings (SSSR count). The van der Waals surface area contributed by atoms with Crippen molar-refractivity contribution in [3.63, 3.8) is 0 Å². The Balaban J connectivity index is 2.24. The Hall–Kier alpha value is -1.63. The Morgan fingerprint density at radius 2 is 2.00 bits per heavy atom. The molecule has 0 spiro atoms. The molecule has 0 bridgehead atoms. The van der Waals surface area contributed by atoms with Gasteiger partial charge < -0.3 is 20.3 Å². The standard InChI is InChI=1S/C9H16N6O/c1-10-7-12-8(14-9(13-7)16-2)15-5-3-11-4-6-15/h11H,3-6H2,1-2H3,(H,10,12,13,14). The van der Waals surface area contributed by atoms with E-state index in [1.54, 1.807) is 14.2 Å². The van der Waals surface area contributed by atoms with Gasteiger partial charge in [0, 0.05) is 33.2 Å². The van der Waals surface area contributed by atoms with Gasteiger partial charge >= 0.3 is 6.01 Å². The second-order valence-electron chi connectivity index (χ2n) is 3.43. The zero-order valence-electron chi connectivity index (χ0n) is 9.53. The van der Waals surface area contributed by atoms with E-state index in [1.165, 1.54) is 0 Å². The SMILES string of the molecule is CNc1nc(OC)nc(N2CCNCC2)n1. The first-order valence-corrected chi connectivity index (χ1v) is 5.27. The summed E-state index contributed by atoms with van der Waals surface area (Å²) in [6.07, 6.45) is 0. The summed E-state index contributed by atoms with van der Waals surface area (Å²) in [5, 5.41) is 6.18. The van der Waals surface area contributed by atoms with Crippen LogP contribution in [-0.2, 0) is 0 Å². The maximum Gasteiger partial charge on any atom is 0.322 e. The van der Waals surface area contributed by atoms with Crippen LogP contribution in [0.4, 0.5) is 11.9 Å². The fraction of sp³-hybridized carbons (Fsp3) is 0.667. The number of anilines is 2. The fourth-order valence-electron chi connectivity index (χ4n) is 1.56. The van der Waals surface area contributed by atoms with Crippen LogP contribution in [0.1, 0.15) is 0 Å². The molecule has 0 atom stereocenters. The van der Waals surface area contributed by atoms with E-state index in [0.717, 1.165) is 26.2 Å². The van der Waals surface area contributed by atoms with Crippen LogP contribution >= 0.6 is 0 Å². The highest BCUT2D eigenvalue weighted by molar-refractivity contribution is 5.38. The van der Waals surface area contributed by atoms with Crippen molar-refractivity contribution in [2.24, 2.45) is 0 Å². The van der Waals surface area contributed by atoms with Crippen molar-refractivity contribution >= 4 is 11.9 Å². The highest BCUT2D eigenvalue weighted by atomic mass is 16.5. The van der Waals surface area contributed by atoms with Crippen LogP contribution in [0.2, 0.25) is 0 Å². The Kier molecular flexibility index (Phi) is 3.35. The van der Waals surface area contributed by atoms with E-state index >= 15 is 0 Å². The number of rotatable bonds is 3. The van der Waals surface area contributed by atoms with E-state index in [2.05, 4.69) is 30.5 Å². The molecular weight excluding hydrogens is 208 g/mol. The van der Waals surface area contributed by atoms with Crippen LogP contribution in [-0.4, -0.2) is 55.3 Å². The van der Waals surface area contributed by atoms with Crippen molar-refractivity contribution in [1.29, 1.82) is 0 Å². The summed E-state index contributed by atoms with van der Waals surface area (Å²) in [4.78, 5) is 14.7. The maximum absolute atomic E-state index is 5.04. The Morgan fingerprint density at radius 3 is 2.62 bits per heavy atom. The van der Waals surface area contributed by atoms with Crippen LogP contribution < -0.4 is 20.3 Å². The van der Waals surface area contributed by atoms with Gasteiger partial charge in [-0.05, 0) is 0 Å². The van der Waals surface area contributed by atoms with E-state index in [4.69, 9.17) is 4.74 Å². The zero-order valence-corrected chi connectivity index (χ0v) is 9.53. The summed E-state index contributed by atoms with van der Waals surface area (Å²) >= 11 is 0. The van der Waals surface area contributed by atoms with Crippen LogP contribution in [0.25, 0.3) is 0 Å². The lowest BCUT2D eigenvalue weighted by Gasteiger charge is -2.27. The van der Waals surface area contributed by atoms with Gasteiger partial charge in [-0.1, -0.05) is 0 Å². The molecule has 0 aliphatic carbocycles. The molecule has 88 valence electrons. The summed E-state index contributed by atoms with van der Waals surface area (Å²) in [5.41, 5.74) is 0. The molecule has 0 saturated carbocycles. The molecule has 1 aromatic heterocycles. The Labute approximate surface area is 94.2 Å². The lowest BCUT2D eigenvalue weighted by atomic mass is 10.4. The van der Waals surface area contributed by atoms with Crippen LogP contribution in [0, 0.1) is 0 Å². The van der Waals surface area contributed by atoms with Gasteiger partial charge in [-0.2, -0.15) is 15.0 Å². The van der Waals surface area contributed by atoms with Gasteiger partial charge in [0.1, 0.15) is 0 Å². The minimum Gasteiger partial charge on any atom is -0.467 e. The molecule has 1 aliphatic rings. The van der Waals surface area contributed by atoms with Gasteiger partial charge in [0.25, 0.3) is 0 Å². The second kappa shape index (κ2) is 4.93. The fourth-order valence-corrected chi connectivity index (χ4v) is 1.56. The molecule has 0 aromatic carbocycles. The quantitative estimate of drug-likeness (QED) is 0.705. The third-order valence-corrected chi connectivity index (χ3v) is 2.41. The smallest absolute Gasteiger partial charge is 0.322 e. The molecule has 1 aliphatic heterocycles. The summed E-state index contributed by atoms with van der Waals surface area (Å²) in [7, 11) is 3.33. The lowest BCUT2D eigenvalue weighted by Crippen LogP contribution is -2.44. The average Bonchev–Trinajstić information content (AvgIpc) is 2.39. The van der Waals surface area contributed by atoms with Crippen molar-refractivity contribution in [3.05, 3.63) is 0 Å². The third kappa shape index (κ3) is 2.30. The number of hydrogen-bond acceptors (Lipinski definition) is 7. The number of hydrogen-bond donors (Lipinski definition) is 2. The largest absolute Gasteiger partial charge is 0.467 e. The Bertz CT molecular complexity index is 330. The molecule has 0 radical (unpaired) electrons. The van der Waals surface area contributed by atoms with Crippen LogP contribution in [0.15, 0.2) is 0 Å². The van der Waals surface area contributed by atoms with Gasteiger partial charge in [0.2, 0.25) is 11.9 Å². The third-order valence-electron chi connectivity index (χ3n) is 2.41. The van der Waals surface area contributed by atoms with Crippen molar-refractivity contribution in [2.75, 3.05) is 50.6 Å². The Morgan fingerprint density at radius 1 is 1.25 bits per heavy atom. The molecule has 16 heavy (non-hydrogen) atoms. The number of ether oxygens (including phenoxy) is 1. The molecule has 2 N–H and O–H groups in total. The number of nitrogens with zero attached hydrogens (tertiary/aromatic N) is 4. The molecule has 1 aromatic rings. The summed E-state index contributed by atoms with van der Waals surface area (Å²) in [5.74, 6) is 1.19. The van der Waals surface area contributed by atoms with Crippen LogP contribution in [0.3, 0.4) is 0 Å². The molecule has 1 fully saturated rings. The van der Waals surface area contributed by atoms with E-state index in [9.17, 15) is 0 Å². The zero-order chi connectivity index (χ0) is 11.4. The predicted molar refractivity (Wildman–Crippen MR) is 61.0 cm³/mol. The van der Waals surface area contributed by atoms with Crippen molar-refractivity contribution in [1.82, 2.24) is 20.3 Å². The highest BCUT2D eigenvalue weighted by Gasteiger charge is 2.15. The predicted octanol–water partition coefficient (Wildman–Crippen LogP) is -0.668. The van der Waals surface area contributed by atoms with Crippen molar-refractivity contribution in [3.8, 4) is 6.01 Å².